The highest BCUT2D eigenvalue weighted by Crippen LogP contribution is 2.23. The molecule has 0 radical (unpaired) electrons. The Bertz CT molecular complexity index is 1090. The quantitative estimate of drug-likeness (QED) is 0.714. The summed E-state index contributed by atoms with van der Waals surface area (Å²) in [5, 5.41) is 0.605. The van der Waals surface area contributed by atoms with Gasteiger partial charge in [-0.15, -0.1) is 0 Å². The third-order valence-corrected chi connectivity index (χ3v) is 4.72. The molecule has 0 atom stereocenters. The zero-order valence-corrected chi connectivity index (χ0v) is 15.0. The Hall–Kier alpha value is -3.35. The fourth-order valence-corrected chi connectivity index (χ4v) is 3.39. The molecule has 0 N–H and O–H groups in total. The van der Waals surface area contributed by atoms with Gasteiger partial charge in [0.15, 0.2) is 0 Å². The fraction of sp³-hybridized carbons (Fsp3) is 0.250. The average Bonchev–Trinajstić information content (AvgIpc) is 2.74. The normalized spacial score (nSPS) is 14.3. The van der Waals surface area contributed by atoms with Crippen LogP contribution in [0.5, 0.6) is 0 Å². The average molecular weight is 361 g/mol. The molecule has 3 heterocycles. The Morgan fingerprint density at radius 1 is 1.22 bits per heavy atom. The lowest BCUT2D eigenvalue weighted by Crippen LogP contribution is -2.36. The van der Waals surface area contributed by atoms with Gasteiger partial charge in [0.05, 0.1) is 17.1 Å². The van der Waals surface area contributed by atoms with Crippen molar-refractivity contribution in [1.29, 1.82) is 0 Å². The lowest BCUT2D eigenvalue weighted by atomic mass is 10.1. The molecule has 0 saturated heterocycles. The van der Waals surface area contributed by atoms with Gasteiger partial charge < -0.3 is 9.47 Å². The summed E-state index contributed by atoms with van der Waals surface area (Å²) in [4.78, 5) is 38.9. The van der Waals surface area contributed by atoms with E-state index in [1.54, 1.807) is 17.2 Å². The monoisotopic (exact) mass is 361 g/mol. The van der Waals surface area contributed by atoms with Crippen LogP contribution in [0.4, 0.5) is 0 Å². The van der Waals surface area contributed by atoms with Crippen LogP contribution in [0.1, 0.15) is 29.7 Å². The number of carbonyl (C=O) groups excluding carboxylic acids is 1. The number of aromatic nitrogens is 4. The lowest BCUT2D eigenvalue weighted by Gasteiger charge is -2.28. The molecule has 1 amide bonds. The van der Waals surface area contributed by atoms with E-state index in [-0.39, 0.29) is 11.5 Å². The van der Waals surface area contributed by atoms with E-state index in [0.717, 1.165) is 17.0 Å². The van der Waals surface area contributed by atoms with Crippen molar-refractivity contribution in [1.82, 2.24) is 24.4 Å². The van der Waals surface area contributed by atoms with E-state index in [0.29, 0.717) is 37.0 Å². The number of hydrogen-bond donors (Lipinski definition) is 0. The van der Waals surface area contributed by atoms with E-state index >= 15 is 0 Å². The number of hydrogen-bond acceptors (Lipinski definition) is 5. The molecule has 4 rings (SSSR count). The number of rotatable bonds is 3. The van der Waals surface area contributed by atoms with Gasteiger partial charge in [0.1, 0.15) is 11.5 Å². The van der Waals surface area contributed by atoms with Crippen LogP contribution in [-0.4, -0.2) is 43.4 Å². The topological polar surface area (TPSA) is 81.0 Å². The summed E-state index contributed by atoms with van der Waals surface area (Å²) in [7, 11) is 0. The molecule has 0 unspecified atom stereocenters. The van der Waals surface area contributed by atoms with Crippen LogP contribution in [0.25, 0.3) is 16.6 Å². The summed E-state index contributed by atoms with van der Waals surface area (Å²) in [5.41, 5.74) is 2.06. The second-order valence-corrected chi connectivity index (χ2v) is 6.33. The molecule has 7 nitrogen and oxygen atoms in total. The Labute approximate surface area is 156 Å². The van der Waals surface area contributed by atoms with Crippen molar-refractivity contribution >= 4 is 22.5 Å². The molecule has 1 aromatic carbocycles. The maximum absolute atomic E-state index is 12.6. The summed E-state index contributed by atoms with van der Waals surface area (Å²) in [5.74, 6) is 0.607. The highest BCUT2D eigenvalue weighted by molar-refractivity contribution is 5.92. The third kappa shape index (κ3) is 3.12. The standard InChI is InChI=1S/C20H19N5O2/c1-2-18-23-19(26)15-5-3-4-6-17(15)25(18)14-7-11-24(12-8-14)20(27)16-13-21-9-10-22-16/h3-7,9-10,13H,2,8,11-12H2,1H3. The van der Waals surface area contributed by atoms with Gasteiger partial charge in [-0.25, -0.2) is 4.98 Å². The predicted octanol–water partition coefficient (Wildman–Crippen LogP) is 2.14. The first-order chi connectivity index (χ1) is 13.2. The molecule has 3 aromatic rings. The van der Waals surface area contributed by atoms with Gasteiger partial charge in [0.2, 0.25) is 0 Å². The third-order valence-electron chi connectivity index (χ3n) is 4.72. The zero-order chi connectivity index (χ0) is 18.8. The highest BCUT2D eigenvalue weighted by Gasteiger charge is 2.22. The van der Waals surface area contributed by atoms with E-state index in [1.807, 2.05) is 31.2 Å². The van der Waals surface area contributed by atoms with E-state index < -0.39 is 0 Å². The number of nitrogens with zero attached hydrogens (tertiary/aromatic N) is 5. The number of fused-ring (bicyclic) bond motifs is 1. The summed E-state index contributed by atoms with van der Waals surface area (Å²) < 4.78 is 2.06. The maximum Gasteiger partial charge on any atom is 0.280 e. The van der Waals surface area contributed by atoms with Crippen LogP contribution in [0.2, 0.25) is 0 Å². The molecule has 1 aliphatic heterocycles. The molecule has 1 aliphatic rings. The summed E-state index contributed by atoms with van der Waals surface area (Å²) in [6, 6.07) is 7.51. The van der Waals surface area contributed by atoms with Crippen molar-refractivity contribution in [2.75, 3.05) is 13.1 Å². The van der Waals surface area contributed by atoms with Crippen molar-refractivity contribution in [3.63, 3.8) is 0 Å². The van der Waals surface area contributed by atoms with Crippen LogP contribution < -0.4 is 5.56 Å². The van der Waals surface area contributed by atoms with Crippen LogP contribution >= 0.6 is 0 Å². The second kappa shape index (κ2) is 7.11. The molecule has 7 heteroatoms. The number of carbonyl (C=O) groups is 1. The summed E-state index contributed by atoms with van der Waals surface area (Å²) in [6.07, 6.45) is 7.90. The van der Waals surface area contributed by atoms with E-state index in [4.69, 9.17) is 0 Å². The van der Waals surface area contributed by atoms with Crippen LogP contribution in [-0.2, 0) is 6.42 Å². The first-order valence-corrected chi connectivity index (χ1v) is 8.94. The number of para-hydroxylation sites is 1. The Morgan fingerprint density at radius 3 is 2.78 bits per heavy atom. The van der Waals surface area contributed by atoms with Crippen molar-refractivity contribution in [2.45, 2.75) is 19.8 Å². The SMILES string of the molecule is CCc1nc(=O)c2ccccc2n1C1=CCN(C(=O)c2cnccn2)CC1. The molecular weight excluding hydrogens is 342 g/mol. The molecule has 27 heavy (non-hydrogen) atoms. The van der Waals surface area contributed by atoms with Gasteiger partial charge >= 0.3 is 0 Å². The van der Waals surface area contributed by atoms with Crippen molar-refractivity contribution < 1.29 is 4.79 Å². The Kier molecular flexibility index (Phi) is 4.50. The maximum atomic E-state index is 12.6. The lowest BCUT2D eigenvalue weighted by molar-refractivity contribution is 0.0765. The van der Waals surface area contributed by atoms with Crippen LogP contribution in [0.3, 0.4) is 0 Å². The Morgan fingerprint density at radius 2 is 2.07 bits per heavy atom. The fourth-order valence-electron chi connectivity index (χ4n) is 3.39. The van der Waals surface area contributed by atoms with Crippen LogP contribution in [0.15, 0.2) is 53.7 Å². The molecule has 0 aliphatic carbocycles. The van der Waals surface area contributed by atoms with Gasteiger partial charge in [-0.1, -0.05) is 19.1 Å². The predicted molar refractivity (Wildman–Crippen MR) is 102 cm³/mol. The molecule has 0 bridgehead atoms. The number of amides is 1. The van der Waals surface area contributed by atoms with E-state index in [9.17, 15) is 9.59 Å². The Balaban J connectivity index is 1.70. The summed E-state index contributed by atoms with van der Waals surface area (Å²) in [6.45, 7) is 3.04. The van der Waals surface area contributed by atoms with Gasteiger partial charge in [-0.3, -0.25) is 14.6 Å². The molecule has 2 aromatic heterocycles. The van der Waals surface area contributed by atoms with Crippen molar-refractivity contribution in [3.8, 4) is 0 Å². The van der Waals surface area contributed by atoms with Gasteiger partial charge in [-0.2, -0.15) is 4.98 Å². The van der Waals surface area contributed by atoms with Gasteiger partial charge in [-0.05, 0) is 18.2 Å². The second-order valence-electron chi connectivity index (χ2n) is 6.33. The van der Waals surface area contributed by atoms with Crippen molar-refractivity contribution in [3.05, 3.63) is 70.8 Å². The largest absolute Gasteiger partial charge is 0.333 e. The summed E-state index contributed by atoms with van der Waals surface area (Å²) >= 11 is 0. The van der Waals surface area contributed by atoms with Gasteiger partial charge in [0.25, 0.3) is 11.5 Å². The zero-order valence-electron chi connectivity index (χ0n) is 15.0. The van der Waals surface area contributed by atoms with Crippen LogP contribution in [0, 0.1) is 0 Å². The highest BCUT2D eigenvalue weighted by atomic mass is 16.2. The molecule has 0 fully saturated rings. The van der Waals surface area contributed by atoms with E-state index in [2.05, 4.69) is 19.5 Å². The number of aryl methyl sites for hydroxylation is 1. The minimum absolute atomic E-state index is 0.128. The molecular formula is C20H19N5O2. The molecule has 0 spiro atoms. The van der Waals surface area contributed by atoms with E-state index in [1.165, 1.54) is 12.4 Å². The first-order valence-electron chi connectivity index (χ1n) is 8.94. The number of benzene rings is 1. The molecule has 0 saturated carbocycles. The minimum Gasteiger partial charge on any atom is -0.333 e. The first kappa shape index (κ1) is 17.1. The molecule has 136 valence electrons. The van der Waals surface area contributed by atoms with Gasteiger partial charge in [0, 0.05) is 44.0 Å². The van der Waals surface area contributed by atoms with Crippen molar-refractivity contribution in [2.24, 2.45) is 0 Å². The minimum atomic E-state index is -0.199. The smallest absolute Gasteiger partial charge is 0.280 e.